The first-order valence-corrected chi connectivity index (χ1v) is 7.15. The summed E-state index contributed by atoms with van der Waals surface area (Å²) in [5.41, 5.74) is 1.26. The Morgan fingerprint density at radius 2 is 2.31 bits per heavy atom. The third kappa shape index (κ3) is 2.83. The fourth-order valence-electron chi connectivity index (χ4n) is 2.25. The van der Waals surface area contributed by atoms with Gasteiger partial charge in [0.15, 0.2) is 0 Å². The predicted octanol–water partition coefficient (Wildman–Crippen LogP) is 3.12. The van der Waals surface area contributed by atoms with Crippen molar-refractivity contribution in [1.29, 1.82) is 0 Å². The number of nitrogens with one attached hydrogen (secondary N) is 1. The Bertz CT molecular complexity index is 338. The van der Waals surface area contributed by atoms with E-state index in [0.717, 1.165) is 5.92 Å². The number of piperidine rings is 1. The van der Waals surface area contributed by atoms with Gasteiger partial charge in [-0.2, -0.15) is 0 Å². The summed E-state index contributed by atoms with van der Waals surface area (Å²) in [5.74, 6) is 1.40. The van der Waals surface area contributed by atoms with Crippen LogP contribution < -0.4 is 5.32 Å². The lowest BCUT2D eigenvalue weighted by Gasteiger charge is -2.22. The molecule has 1 N–H and O–H groups in total. The molecule has 1 aliphatic rings. The van der Waals surface area contributed by atoms with Crippen molar-refractivity contribution in [2.24, 2.45) is 5.92 Å². The van der Waals surface area contributed by atoms with Crippen molar-refractivity contribution in [3.63, 3.8) is 0 Å². The number of aromatic nitrogens is 1. The first-order valence-electron chi connectivity index (χ1n) is 6.33. The molecule has 90 valence electrons. The monoisotopic (exact) mass is 238 g/mol. The van der Waals surface area contributed by atoms with Gasteiger partial charge in [0.2, 0.25) is 0 Å². The summed E-state index contributed by atoms with van der Waals surface area (Å²) in [5, 5.41) is 4.79. The molecule has 0 bridgehead atoms. The van der Waals surface area contributed by atoms with Gasteiger partial charge in [-0.15, -0.1) is 11.3 Å². The zero-order valence-corrected chi connectivity index (χ0v) is 11.4. The topological polar surface area (TPSA) is 24.9 Å². The average Bonchev–Trinajstić information content (AvgIpc) is 2.62. The highest BCUT2D eigenvalue weighted by atomic mass is 32.1. The first kappa shape index (κ1) is 12.1. The van der Waals surface area contributed by atoms with E-state index in [-0.39, 0.29) is 0 Å². The zero-order chi connectivity index (χ0) is 11.5. The van der Waals surface area contributed by atoms with Gasteiger partial charge in [-0.1, -0.05) is 13.8 Å². The Labute approximate surface area is 102 Å². The lowest BCUT2D eigenvalue weighted by molar-refractivity contribution is 0.377. The molecule has 1 saturated heterocycles. The van der Waals surface area contributed by atoms with E-state index in [1.54, 1.807) is 0 Å². The second-order valence-electron chi connectivity index (χ2n) is 5.13. The molecule has 1 aromatic heterocycles. The maximum Gasteiger partial charge on any atom is 0.0956 e. The molecule has 3 heteroatoms. The molecular formula is C13H22N2S. The molecule has 1 atom stereocenters. The van der Waals surface area contributed by atoms with Crippen molar-refractivity contribution >= 4 is 11.3 Å². The Morgan fingerprint density at radius 1 is 1.50 bits per heavy atom. The van der Waals surface area contributed by atoms with Gasteiger partial charge >= 0.3 is 0 Å². The van der Waals surface area contributed by atoms with Gasteiger partial charge in [0.25, 0.3) is 0 Å². The van der Waals surface area contributed by atoms with Crippen LogP contribution in [0.2, 0.25) is 0 Å². The Balaban J connectivity index is 2.02. The first-order chi connectivity index (χ1) is 7.66. The highest BCUT2D eigenvalue weighted by Gasteiger charge is 2.17. The fourth-order valence-corrected chi connectivity index (χ4v) is 3.43. The largest absolute Gasteiger partial charge is 0.316 e. The maximum absolute atomic E-state index is 4.67. The van der Waals surface area contributed by atoms with E-state index in [9.17, 15) is 0 Å². The molecule has 0 aliphatic carbocycles. The molecule has 0 saturated carbocycles. The van der Waals surface area contributed by atoms with Crippen LogP contribution in [0.5, 0.6) is 0 Å². The summed E-state index contributed by atoms with van der Waals surface area (Å²) in [4.78, 5) is 6.19. The number of aryl methyl sites for hydroxylation is 1. The Kier molecular flexibility index (Phi) is 3.98. The van der Waals surface area contributed by atoms with Crippen molar-refractivity contribution < 1.29 is 0 Å². The number of rotatable bonds is 3. The van der Waals surface area contributed by atoms with Crippen molar-refractivity contribution in [3.8, 4) is 0 Å². The number of hydrogen-bond donors (Lipinski definition) is 1. The molecule has 0 amide bonds. The highest BCUT2D eigenvalue weighted by molar-refractivity contribution is 7.11. The van der Waals surface area contributed by atoms with Crippen molar-refractivity contribution in [1.82, 2.24) is 10.3 Å². The second kappa shape index (κ2) is 5.28. The standard InChI is InChI=1S/C13H22N2S/c1-9(2)13-15-10(3)12(16-13)7-11-5-4-6-14-8-11/h9,11,14H,4-8H2,1-3H3. The van der Waals surface area contributed by atoms with E-state index in [0.29, 0.717) is 5.92 Å². The molecule has 1 fully saturated rings. The summed E-state index contributed by atoms with van der Waals surface area (Å²) >= 11 is 1.92. The highest BCUT2D eigenvalue weighted by Crippen LogP contribution is 2.28. The van der Waals surface area contributed by atoms with Crippen molar-refractivity contribution in [2.45, 2.75) is 46.0 Å². The molecule has 1 aliphatic heterocycles. The maximum atomic E-state index is 4.67. The number of hydrogen-bond acceptors (Lipinski definition) is 3. The predicted molar refractivity (Wildman–Crippen MR) is 70.2 cm³/mol. The van der Waals surface area contributed by atoms with Gasteiger partial charge in [0.1, 0.15) is 0 Å². The summed E-state index contributed by atoms with van der Waals surface area (Å²) in [6.45, 7) is 9.01. The van der Waals surface area contributed by atoms with Crippen LogP contribution in [0.4, 0.5) is 0 Å². The minimum Gasteiger partial charge on any atom is -0.316 e. The lowest BCUT2D eigenvalue weighted by atomic mass is 9.95. The SMILES string of the molecule is Cc1nc(C(C)C)sc1CC1CCCNC1. The molecule has 1 aromatic rings. The molecule has 0 aromatic carbocycles. The van der Waals surface area contributed by atoms with E-state index in [2.05, 4.69) is 31.1 Å². The van der Waals surface area contributed by atoms with Crippen LogP contribution in [0.25, 0.3) is 0 Å². The van der Waals surface area contributed by atoms with Crippen LogP contribution >= 0.6 is 11.3 Å². The van der Waals surface area contributed by atoms with Gasteiger partial charge < -0.3 is 5.32 Å². The van der Waals surface area contributed by atoms with Gasteiger partial charge in [-0.3, -0.25) is 0 Å². The van der Waals surface area contributed by atoms with Gasteiger partial charge in [-0.05, 0) is 45.2 Å². The van der Waals surface area contributed by atoms with E-state index in [4.69, 9.17) is 0 Å². The lowest BCUT2D eigenvalue weighted by Crippen LogP contribution is -2.30. The number of thiazole rings is 1. The van der Waals surface area contributed by atoms with Crippen LogP contribution in [0.1, 0.15) is 48.2 Å². The third-order valence-electron chi connectivity index (χ3n) is 3.28. The summed E-state index contributed by atoms with van der Waals surface area (Å²) in [6.07, 6.45) is 3.93. The molecule has 0 spiro atoms. The minimum atomic E-state index is 0.571. The zero-order valence-electron chi connectivity index (χ0n) is 10.5. The van der Waals surface area contributed by atoms with Crippen molar-refractivity contribution in [2.75, 3.05) is 13.1 Å². The van der Waals surface area contributed by atoms with E-state index in [1.165, 1.54) is 47.9 Å². The third-order valence-corrected chi connectivity index (χ3v) is 4.76. The minimum absolute atomic E-state index is 0.571. The molecule has 2 heterocycles. The van der Waals surface area contributed by atoms with E-state index >= 15 is 0 Å². The molecule has 1 unspecified atom stereocenters. The molecule has 2 nitrogen and oxygen atoms in total. The second-order valence-corrected chi connectivity index (χ2v) is 6.25. The summed E-state index contributed by atoms with van der Waals surface area (Å²) in [6, 6.07) is 0. The molecular weight excluding hydrogens is 216 g/mol. The summed E-state index contributed by atoms with van der Waals surface area (Å²) in [7, 11) is 0. The molecule has 0 radical (unpaired) electrons. The average molecular weight is 238 g/mol. The van der Waals surface area contributed by atoms with Crippen LogP contribution in [0.3, 0.4) is 0 Å². The fraction of sp³-hybridized carbons (Fsp3) is 0.769. The van der Waals surface area contributed by atoms with Gasteiger partial charge in [0, 0.05) is 10.8 Å². The quantitative estimate of drug-likeness (QED) is 0.875. The summed E-state index contributed by atoms with van der Waals surface area (Å²) < 4.78 is 0. The normalized spacial score (nSPS) is 21.6. The van der Waals surface area contributed by atoms with E-state index < -0.39 is 0 Å². The van der Waals surface area contributed by atoms with Crippen molar-refractivity contribution in [3.05, 3.63) is 15.6 Å². The van der Waals surface area contributed by atoms with Crippen LogP contribution in [0.15, 0.2) is 0 Å². The van der Waals surface area contributed by atoms with Crippen LogP contribution in [0, 0.1) is 12.8 Å². The van der Waals surface area contributed by atoms with Crippen LogP contribution in [-0.2, 0) is 6.42 Å². The Hall–Kier alpha value is -0.410. The number of nitrogens with zero attached hydrogens (tertiary/aromatic N) is 1. The smallest absolute Gasteiger partial charge is 0.0956 e. The van der Waals surface area contributed by atoms with Gasteiger partial charge in [-0.25, -0.2) is 4.98 Å². The van der Waals surface area contributed by atoms with Crippen LogP contribution in [-0.4, -0.2) is 18.1 Å². The Morgan fingerprint density at radius 3 is 2.88 bits per heavy atom. The van der Waals surface area contributed by atoms with Gasteiger partial charge in [0.05, 0.1) is 10.7 Å². The van der Waals surface area contributed by atoms with E-state index in [1.807, 2.05) is 11.3 Å². The molecule has 16 heavy (non-hydrogen) atoms. The molecule has 2 rings (SSSR count).